The summed E-state index contributed by atoms with van der Waals surface area (Å²) < 4.78 is 5.29. The van der Waals surface area contributed by atoms with E-state index in [4.69, 9.17) is 4.74 Å². The van der Waals surface area contributed by atoms with Gasteiger partial charge >= 0.3 is 0 Å². The Bertz CT molecular complexity index is 211. The molecule has 4 nitrogen and oxygen atoms in total. The third-order valence-electron chi connectivity index (χ3n) is 2.25. The van der Waals surface area contributed by atoms with Gasteiger partial charge in [0.25, 0.3) is 0 Å². The van der Waals surface area contributed by atoms with Gasteiger partial charge in [0.2, 0.25) is 5.91 Å². The maximum Gasteiger partial charge on any atom is 0.221 e. The van der Waals surface area contributed by atoms with Crippen molar-refractivity contribution < 1.29 is 9.53 Å². The van der Waals surface area contributed by atoms with Gasteiger partial charge in [0.05, 0.1) is 13.2 Å². The predicted octanol–water partition coefficient (Wildman–Crippen LogP) is 0.949. The molecule has 0 aliphatic carbocycles. The molecule has 96 valence electrons. The van der Waals surface area contributed by atoms with Gasteiger partial charge in [-0.25, -0.2) is 0 Å². The van der Waals surface area contributed by atoms with Gasteiger partial charge in [0.1, 0.15) is 0 Å². The maximum atomic E-state index is 11.6. The largest absolute Gasteiger partial charge is 0.378 e. The lowest BCUT2D eigenvalue weighted by Gasteiger charge is -2.24. The second-order valence-corrected chi connectivity index (χ2v) is 5.27. The summed E-state index contributed by atoms with van der Waals surface area (Å²) in [5.41, 5.74) is 0.145. The Morgan fingerprint density at radius 1 is 1.50 bits per heavy atom. The summed E-state index contributed by atoms with van der Waals surface area (Å²) in [6, 6.07) is 0.179. The van der Waals surface area contributed by atoms with Crippen molar-refractivity contribution in [2.75, 3.05) is 26.3 Å². The molecule has 1 amide bonds. The topological polar surface area (TPSA) is 50.4 Å². The van der Waals surface area contributed by atoms with Crippen molar-refractivity contribution >= 4 is 18.3 Å². The number of ether oxygens (including phenoxy) is 1. The number of morpholine rings is 1. The van der Waals surface area contributed by atoms with Crippen LogP contribution in [0.2, 0.25) is 0 Å². The predicted molar refractivity (Wildman–Crippen MR) is 66.9 cm³/mol. The van der Waals surface area contributed by atoms with Crippen molar-refractivity contribution in [3.63, 3.8) is 0 Å². The number of amides is 1. The standard InChI is InChI=1S/C11H22N2O2.ClH/c1-11(2,3)8-13-10(14)6-9-7-15-5-4-12-9;/h9,12H,4-8H2,1-3H3,(H,13,14);1H. The number of hydrogen-bond acceptors (Lipinski definition) is 3. The minimum atomic E-state index is 0. The first kappa shape index (κ1) is 15.7. The smallest absolute Gasteiger partial charge is 0.221 e. The SMILES string of the molecule is CC(C)(C)CNC(=O)CC1COCCN1.Cl. The van der Waals surface area contributed by atoms with E-state index in [9.17, 15) is 4.79 Å². The van der Waals surface area contributed by atoms with E-state index in [1.807, 2.05) is 0 Å². The number of nitrogens with one attached hydrogen (secondary N) is 2. The maximum absolute atomic E-state index is 11.6. The van der Waals surface area contributed by atoms with Gasteiger partial charge in [-0.15, -0.1) is 12.4 Å². The summed E-state index contributed by atoms with van der Waals surface area (Å²) in [7, 11) is 0. The van der Waals surface area contributed by atoms with E-state index in [1.165, 1.54) is 0 Å². The quantitative estimate of drug-likeness (QED) is 0.784. The summed E-state index contributed by atoms with van der Waals surface area (Å²) in [5, 5.41) is 6.20. The lowest BCUT2D eigenvalue weighted by Crippen LogP contribution is -2.45. The molecule has 1 heterocycles. The molecule has 0 aromatic rings. The molecule has 0 spiro atoms. The molecule has 1 unspecified atom stereocenters. The van der Waals surface area contributed by atoms with E-state index in [1.54, 1.807) is 0 Å². The summed E-state index contributed by atoms with van der Waals surface area (Å²) in [6.45, 7) is 9.28. The summed E-state index contributed by atoms with van der Waals surface area (Å²) in [5.74, 6) is 0.105. The van der Waals surface area contributed by atoms with Crippen molar-refractivity contribution in [2.45, 2.75) is 33.2 Å². The molecule has 0 aromatic carbocycles. The Balaban J connectivity index is 0.00000225. The van der Waals surface area contributed by atoms with Crippen molar-refractivity contribution in [3.8, 4) is 0 Å². The first-order chi connectivity index (χ1) is 6.97. The highest BCUT2D eigenvalue weighted by Crippen LogP contribution is 2.10. The zero-order valence-electron chi connectivity index (χ0n) is 10.3. The highest BCUT2D eigenvalue weighted by Gasteiger charge is 2.18. The highest BCUT2D eigenvalue weighted by atomic mass is 35.5. The van der Waals surface area contributed by atoms with E-state index in [0.29, 0.717) is 13.0 Å². The lowest BCUT2D eigenvalue weighted by atomic mass is 9.97. The van der Waals surface area contributed by atoms with E-state index < -0.39 is 0 Å². The Morgan fingerprint density at radius 3 is 2.69 bits per heavy atom. The third-order valence-corrected chi connectivity index (χ3v) is 2.25. The van der Waals surface area contributed by atoms with Crippen molar-refractivity contribution in [1.82, 2.24) is 10.6 Å². The van der Waals surface area contributed by atoms with Crippen LogP contribution in [0, 0.1) is 5.41 Å². The van der Waals surface area contributed by atoms with Gasteiger partial charge < -0.3 is 15.4 Å². The molecular formula is C11H23ClN2O2. The zero-order valence-corrected chi connectivity index (χ0v) is 11.2. The van der Waals surface area contributed by atoms with Crippen LogP contribution in [-0.4, -0.2) is 38.3 Å². The van der Waals surface area contributed by atoms with Gasteiger partial charge in [-0.3, -0.25) is 4.79 Å². The fourth-order valence-electron chi connectivity index (χ4n) is 1.41. The molecule has 0 saturated carbocycles. The van der Waals surface area contributed by atoms with Crippen LogP contribution in [0.1, 0.15) is 27.2 Å². The monoisotopic (exact) mass is 250 g/mol. The van der Waals surface area contributed by atoms with Crippen LogP contribution in [0.15, 0.2) is 0 Å². The fraction of sp³-hybridized carbons (Fsp3) is 0.909. The van der Waals surface area contributed by atoms with Crippen molar-refractivity contribution in [3.05, 3.63) is 0 Å². The van der Waals surface area contributed by atoms with Crippen LogP contribution in [0.4, 0.5) is 0 Å². The molecule has 1 aliphatic rings. The van der Waals surface area contributed by atoms with Crippen LogP contribution in [0.25, 0.3) is 0 Å². The molecule has 1 aliphatic heterocycles. The van der Waals surface area contributed by atoms with Crippen LogP contribution < -0.4 is 10.6 Å². The van der Waals surface area contributed by atoms with Crippen molar-refractivity contribution in [1.29, 1.82) is 0 Å². The molecule has 0 aromatic heterocycles. The van der Waals surface area contributed by atoms with E-state index >= 15 is 0 Å². The molecule has 2 N–H and O–H groups in total. The van der Waals surface area contributed by atoms with Gasteiger partial charge in [0.15, 0.2) is 0 Å². The minimum absolute atomic E-state index is 0. The first-order valence-corrected chi connectivity index (χ1v) is 5.55. The summed E-state index contributed by atoms with van der Waals surface area (Å²) in [6.07, 6.45) is 0.510. The zero-order chi connectivity index (χ0) is 11.3. The molecule has 16 heavy (non-hydrogen) atoms. The summed E-state index contributed by atoms with van der Waals surface area (Å²) >= 11 is 0. The molecule has 0 radical (unpaired) electrons. The van der Waals surface area contributed by atoms with E-state index in [-0.39, 0.29) is 29.8 Å². The average molecular weight is 251 g/mol. The number of halogens is 1. The second-order valence-electron chi connectivity index (χ2n) is 5.27. The minimum Gasteiger partial charge on any atom is -0.378 e. The highest BCUT2D eigenvalue weighted by molar-refractivity contribution is 5.85. The Kier molecular flexibility index (Phi) is 6.95. The third kappa shape index (κ3) is 7.04. The molecular weight excluding hydrogens is 228 g/mol. The fourth-order valence-corrected chi connectivity index (χ4v) is 1.41. The lowest BCUT2D eigenvalue weighted by molar-refractivity contribution is -0.122. The van der Waals surface area contributed by atoms with Crippen molar-refractivity contribution in [2.24, 2.45) is 5.41 Å². The molecule has 1 fully saturated rings. The van der Waals surface area contributed by atoms with E-state index in [0.717, 1.165) is 19.7 Å². The van der Waals surface area contributed by atoms with Gasteiger partial charge in [0, 0.05) is 25.6 Å². The molecule has 1 rings (SSSR count). The molecule has 0 bridgehead atoms. The Labute approximate surface area is 104 Å². The number of carbonyl (C=O) groups excluding carboxylic acids is 1. The van der Waals surface area contributed by atoms with Crippen LogP contribution >= 0.6 is 12.4 Å². The van der Waals surface area contributed by atoms with Gasteiger partial charge in [-0.1, -0.05) is 20.8 Å². The molecule has 1 atom stereocenters. The van der Waals surface area contributed by atoms with E-state index in [2.05, 4.69) is 31.4 Å². The normalized spacial score (nSPS) is 21.1. The first-order valence-electron chi connectivity index (χ1n) is 5.55. The average Bonchev–Trinajstić information content (AvgIpc) is 2.15. The number of rotatable bonds is 3. The van der Waals surface area contributed by atoms with Crippen LogP contribution in [0.3, 0.4) is 0 Å². The van der Waals surface area contributed by atoms with Crippen LogP contribution in [0.5, 0.6) is 0 Å². The second kappa shape index (κ2) is 7.09. The number of carbonyl (C=O) groups is 1. The van der Waals surface area contributed by atoms with Gasteiger partial charge in [-0.2, -0.15) is 0 Å². The Morgan fingerprint density at radius 2 is 2.19 bits per heavy atom. The van der Waals surface area contributed by atoms with Gasteiger partial charge in [-0.05, 0) is 5.41 Å². The summed E-state index contributed by atoms with van der Waals surface area (Å²) in [4.78, 5) is 11.6. The molecule has 1 saturated heterocycles. The van der Waals surface area contributed by atoms with Crippen LogP contribution in [-0.2, 0) is 9.53 Å². The Hall–Kier alpha value is -0.320. The number of hydrogen-bond donors (Lipinski definition) is 2. The molecule has 5 heteroatoms.